The molecule has 0 aromatic heterocycles. The summed E-state index contributed by atoms with van der Waals surface area (Å²) in [5, 5.41) is 8.41. The van der Waals surface area contributed by atoms with Gasteiger partial charge in [-0.05, 0) is 24.1 Å². The maximum atomic E-state index is 8.41. The van der Waals surface area contributed by atoms with Crippen LogP contribution in [-0.4, -0.2) is 12.5 Å². The molecule has 1 aromatic carbocycles. The number of ether oxygens (including phenoxy) is 1. The van der Waals surface area contributed by atoms with E-state index in [0.29, 0.717) is 18.9 Å². The van der Waals surface area contributed by atoms with E-state index in [1.807, 2.05) is 24.3 Å². The quantitative estimate of drug-likeness (QED) is 0.699. The third-order valence-corrected chi connectivity index (χ3v) is 1.95. The van der Waals surface area contributed by atoms with Crippen LogP contribution in [0.5, 0.6) is 5.75 Å². The molecule has 1 aromatic rings. The first-order chi connectivity index (χ1) is 6.86. The molecule has 2 nitrogen and oxygen atoms in total. The van der Waals surface area contributed by atoms with Crippen LogP contribution in [0, 0.1) is 11.3 Å². The van der Waals surface area contributed by atoms with Crippen molar-refractivity contribution >= 4 is 11.6 Å². The van der Waals surface area contributed by atoms with Crippen molar-refractivity contribution in [3.8, 4) is 11.8 Å². The van der Waals surface area contributed by atoms with Crippen LogP contribution >= 0.6 is 11.6 Å². The van der Waals surface area contributed by atoms with Crippen LogP contribution in [0.15, 0.2) is 24.3 Å². The Balaban J connectivity index is 2.47. The number of halogens is 1. The number of hydrogen-bond acceptors (Lipinski definition) is 2. The molecule has 0 aliphatic heterocycles. The first kappa shape index (κ1) is 10.9. The lowest BCUT2D eigenvalue weighted by Crippen LogP contribution is -1.97. The normalized spacial score (nSPS) is 9.43. The highest BCUT2D eigenvalue weighted by Crippen LogP contribution is 2.13. The maximum absolute atomic E-state index is 8.41. The summed E-state index contributed by atoms with van der Waals surface area (Å²) in [7, 11) is 0. The van der Waals surface area contributed by atoms with Gasteiger partial charge in [0, 0.05) is 6.42 Å². The second-order valence-corrected chi connectivity index (χ2v) is 3.22. The van der Waals surface area contributed by atoms with Gasteiger partial charge in [0.05, 0.1) is 11.9 Å². The Kier molecular flexibility index (Phi) is 4.88. The molecule has 14 heavy (non-hydrogen) atoms. The van der Waals surface area contributed by atoms with E-state index in [2.05, 4.69) is 6.07 Å². The zero-order valence-corrected chi connectivity index (χ0v) is 8.63. The van der Waals surface area contributed by atoms with Gasteiger partial charge < -0.3 is 4.74 Å². The predicted molar refractivity (Wildman–Crippen MR) is 56.6 cm³/mol. The summed E-state index contributed by atoms with van der Waals surface area (Å²) >= 11 is 5.49. The number of rotatable bonds is 5. The molecule has 0 saturated heterocycles. The monoisotopic (exact) mass is 209 g/mol. The van der Waals surface area contributed by atoms with Gasteiger partial charge in [0.1, 0.15) is 12.4 Å². The molecule has 74 valence electrons. The molecule has 0 saturated carbocycles. The summed E-state index contributed by atoms with van der Waals surface area (Å²) in [6.07, 6.45) is 1.36. The lowest BCUT2D eigenvalue weighted by molar-refractivity contribution is 0.342. The topological polar surface area (TPSA) is 33.0 Å². The molecule has 0 spiro atoms. The highest BCUT2D eigenvalue weighted by atomic mass is 35.5. The summed E-state index contributed by atoms with van der Waals surface area (Å²) in [6, 6.07) is 9.87. The summed E-state index contributed by atoms with van der Waals surface area (Å²) in [6.45, 7) is 0.527. The van der Waals surface area contributed by atoms with Gasteiger partial charge in [-0.2, -0.15) is 5.26 Å². The van der Waals surface area contributed by atoms with Gasteiger partial charge in [-0.25, -0.2) is 0 Å². The zero-order chi connectivity index (χ0) is 10.2. The Morgan fingerprint density at radius 3 is 2.57 bits per heavy atom. The smallest absolute Gasteiger partial charge is 0.119 e. The minimum atomic E-state index is 0.496. The van der Waals surface area contributed by atoms with E-state index in [1.54, 1.807) is 0 Å². The molecule has 0 heterocycles. The SMILES string of the molecule is N#CCCc1ccc(OCCCl)cc1. The highest BCUT2D eigenvalue weighted by molar-refractivity contribution is 6.17. The van der Waals surface area contributed by atoms with Crippen molar-refractivity contribution in [3.63, 3.8) is 0 Å². The van der Waals surface area contributed by atoms with Crippen LogP contribution < -0.4 is 4.74 Å². The number of alkyl halides is 1. The highest BCUT2D eigenvalue weighted by Gasteiger charge is 1.94. The lowest BCUT2D eigenvalue weighted by Gasteiger charge is -2.04. The van der Waals surface area contributed by atoms with E-state index in [4.69, 9.17) is 21.6 Å². The average molecular weight is 210 g/mol. The Labute approximate surface area is 89.1 Å². The van der Waals surface area contributed by atoms with E-state index in [-0.39, 0.29) is 0 Å². The Hall–Kier alpha value is -1.20. The maximum Gasteiger partial charge on any atom is 0.119 e. The third kappa shape index (κ3) is 3.68. The number of nitriles is 1. The van der Waals surface area contributed by atoms with Crippen LogP contribution in [0.25, 0.3) is 0 Å². The standard InChI is InChI=1S/C11H12ClNO/c12-7-9-14-11-5-3-10(4-6-11)2-1-8-13/h3-6H,1-2,7,9H2. The number of nitrogens with zero attached hydrogens (tertiary/aromatic N) is 1. The van der Waals surface area contributed by atoms with Gasteiger partial charge in [0.25, 0.3) is 0 Å². The molecular formula is C11H12ClNO. The van der Waals surface area contributed by atoms with Crippen molar-refractivity contribution in [1.29, 1.82) is 5.26 Å². The van der Waals surface area contributed by atoms with E-state index >= 15 is 0 Å². The van der Waals surface area contributed by atoms with Crippen molar-refractivity contribution in [3.05, 3.63) is 29.8 Å². The van der Waals surface area contributed by atoms with Crippen molar-refractivity contribution in [2.75, 3.05) is 12.5 Å². The van der Waals surface area contributed by atoms with Crippen LogP contribution in [0.2, 0.25) is 0 Å². The molecule has 0 bridgehead atoms. The zero-order valence-electron chi connectivity index (χ0n) is 7.87. The summed E-state index contributed by atoms with van der Waals surface area (Å²) in [4.78, 5) is 0. The van der Waals surface area contributed by atoms with Gasteiger partial charge in [0.2, 0.25) is 0 Å². The van der Waals surface area contributed by atoms with Gasteiger partial charge in [-0.1, -0.05) is 12.1 Å². The summed E-state index contributed by atoms with van der Waals surface area (Å²) in [5.74, 6) is 1.32. The molecule has 0 N–H and O–H groups in total. The molecule has 3 heteroatoms. The molecular weight excluding hydrogens is 198 g/mol. The molecule has 0 atom stereocenters. The van der Waals surface area contributed by atoms with Gasteiger partial charge >= 0.3 is 0 Å². The van der Waals surface area contributed by atoms with Crippen molar-refractivity contribution in [1.82, 2.24) is 0 Å². The van der Waals surface area contributed by atoms with Gasteiger partial charge in [-0.3, -0.25) is 0 Å². The fourth-order valence-electron chi connectivity index (χ4n) is 1.11. The molecule has 1 rings (SSSR count). The first-order valence-electron chi connectivity index (χ1n) is 4.51. The molecule has 0 fully saturated rings. The van der Waals surface area contributed by atoms with Crippen molar-refractivity contribution < 1.29 is 4.74 Å². The predicted octanol–water partition coefficient (Wildman–Crippen LogP) is 2.76. The van der Waals surface area contributed by atoms with E-state index in [1.165, 1.54) is 0 Å². The summed E-state index contributed by atoms with van der Waals surface area (Å²) in [5.41, 5.74) is 1.16. The van der Waals surface area contributed by atoms with Crippen molar-refractivity contribution in [2.45, 2.75) is 12.8 Å². The number of aryl methyl sites for hydroxylation is 1. The van der Waals surface area contributed by atoms with Crippen LogP contribution in [0.4, 0.5) is 0 Å². The van der Waals surface area contributed by atoms with E-state index in [9.17, 15) is 0 Å². The average Bonchev–Trinajstić information content (AvgIpc) is 2.25. The Morgan fingerprint density at radius 2 is 2.00 bits per heavy atom. The molecule has 0 radical (unpaired) electrons. The van der Waals surface area contributed by atoms with E-state index in [0.717, 1.165) is 17.7 Å². The number of hydrogen-bond donors (Lipinski definition) is 0. The second-order valence-electron chi connectivity index (χ2n) is 2.84. The minimum Gasteiger partial charge on any atom is -0.492 e. The molecule has 0 unspecified atom stereocenters. The van der Waals surface area contributed by atoms with Crippen LogP contribution in [0.1, 0.15) is 12.0 Å². The second kappa shape index (κ2) is 6.28. The van der Waals surface area contributed by atoms with Crippen molar-refractivity contribution in [2.24, 2.45) is 0 Å². The summed E-state index contributed by atoms with van der Waals surface area (Å²) < 4.78 is 5.32. The third-order valence-electron chi connectivity index (χ3n) is 1.79. The fraction of sp³-hybridized carbons (Fsp3) is 0.364. The van der Waals surface area contributed by atoms with Gasteiger partial charge in [-0.15, -0.1) is 11.6 Å². The lowest BCUT2D eigenvalue weighted by atomic mass is 10.1. The molecule has 0 aliphatic rings. The molecule has 0 amide bonds. The first-order valence-corrected chi connectivity index (χ1v) is 5.05. The molecule has 0 aliphatic carbocycles. The van der Waals surface area contributed by atoms with Crippen LogP contribution in [0.3, 0.4) is 0 Å². The number of benzene rings is 1. The van der Waals surface area contributed by atoms with Crippen LogP contribution in [-0.2, 0) is 6.42 Å². The largest absolute Gasteiger partial charge is 0.492 e. The van der Waals surface area contributed by atoms with E-state index < -0.39 is 0 Å². The minimum absolute atomic E-state index is 0.496. The Bertz CT molecular complexity index is 302. The Morgan fingerprint density at radius 1 is 1.29 bits per heavy atom. The fourth-order valence-corrected chi connectivity index (χ4v) is 1.19. The van der Waals surface area contributed by atoms with Gasteiger partial charge in [0.15, 0.2) is 0 Å².